The van der Waals surface area contributed by atoms with Crippen LogP contribution in [-0.2, 0) is 97.3 Å². The van der Waals surface area contributed by atoms with Gasteiger partial charge in [0.05, 0.1) is 97.5 Å². The fourth-order valence-corrected chi connectivity index (χ4v) is 16.3. The van der Waals surface area contributed by atoms with Gasteiger partial charge in [-0.15, -0.1) is 0 Å². The maximum atomic E-state index is 14.4. The predicted octanol–water partition coefficient (Wildman–Crippen LogP) is 7.35. The number of pyridine rings is 2. The van der Waals surface area contributed by atoms with Crippen molar-refractivity contribution in [2.75, 3.05) is 116 Å². The number of nitrogens with zero attached hydrogens (tertiary/aromatic N) is 8. The Kier molecular flexibility index (Phi) is 29.7. The van der Waals surface area contributed by atoms with Crippen molar-refractivity contribution in [1.29, 1.82) is 0 Å². The smallest absolute Gasteiger partial charge is 0.415 e. The molecule has 0 spiro atoms. The third-order valence-corrected chi connectivity index (χ3v) is 23.7. The molecule has 8 atom stereocenters. The van der Waals surface area contributed by atoms with E-state index >= 15 is 0 Å². The first kappa shape index (κ1) is 97.3. The van der Waals surface area contributed by atoms with E-state index in [9.17, 15) is 93.0 Å². The van der Waals surface area contributed by atoms with Crippen molar-refractivity contribution in [3.63, 3.8) is 0 Å². The van der Waals surface area contributed by atoms with Gasteiger partial charge < -0.3 is 132 Å². The van der Waals surface area contributed by atoms with Crippen molar-refractivity contribution >= 4 is 82.7 Å². The maximum absolute atomic E-state index is 14.4. The fourth-order valence-electron chi connectivity index (χ4n) is 16.3. The number of ether oxygens (including phenoxy) is 13. The first-order chi connectivity index (χ1) is 62.6. The standard InChI is InChI=1S/C91H105N9O32/c1-15-91(58-36-61-72-52(35-51-19-16-17-21-59(51)92-72)41-100(61)80(109)57(58)46-124-81(91)110)132-88(117)99(11)29-26-96(8)85(114)127-45-54-32-47(2)31-53(78(54)130-86(115)97(9)28-25-95(7)84(113)126-43-50-33-63(121-13)79(64(34-50)122-14)131-87(116)98(10)27-24-94(6)83(112)123-30-23-89(5,118)38-48(3)102)44-125-82(111)93-60-37-67(128-49(4)73(60)104)129-65-40-90(119,66(103)42-101)39-56-69(65)77(108)71-70(75(56)106)74(105)55-20-18-22-62(120-12)68(55)76(71)107/h16-22,31-36,49,60,65,67,73,101,104,106,108,118-119H,15,23-30,37-46H2,1-14H3,(H,93,111)/t49-,60-,65-,67-,73+,89?,90-,91-/m0/s1. The molecule has 0 radical (unpaired) electrons. The number of methoxy groups -OCH3 is 3. The number of hydrogen-bond acceptors (Lipinski definition) is 33. The van der Waals surface area contributed by atoms with Crippen LogP contribution in [0, 0.1) is 6.92 Å². The number of aliphatic hydroxyl groups is 4. The Morgan fingerprint density at radius 2 is 1.23 bits per heavy atom. The van der Waals surface area contributed by atoms with Gasteiger partial charge in [-0.2, -0.15) is 0 Å². The van der Waals surface area contributed by atoms with E-state index in [1.807, 2.05) is 30.3 Å². The predicted molar refractivity (Wildman–Crippen MR) is 460 cm³/mol. The molecule has 2 aliphatic carbocycles. The Morgan fingerprint density at radius 1 is 0.667 bits per heavy atom. The number of likely N-dealkylation sites (N-methyl/N-ethyl adjacent to an activating group) is 6. The number of para-hydroxylation sites is 1. The summed E-state index contributed by atoms with van der Waals surface area (Å²) in [4.78, 5) is 190. The highest BCUT2D eigenvalue weighted by Gasteiger charge is 2.53. The van der Waals surface area contributed by atoms with Gasteiger partial charge in [-0.25, -0.2) is 43.3 Å². The molecule has 41 heteroatoms. The second-order valence-electron chi connectivity index (χ2n) is 33.3. The van der Waals surface area contributed by atoms with Crippen LogP contribution in [0.5, 0.6) is 40.2 Å². The molecule has 7 N–H and O–H groups in total. The summed E-state index contributed by atoms with van der Waals surface area (Å²) in [6.07, 6.45) is -14.8. The van der Waals surface area contributed by atoms with E-state index in [4.69, 9.17) is 66.6 Å². The van der Waals surface area contributed by atoms with Gasteiger partial charge in [0.15, 0.2) is 29.4 Å². The zero-order valence-electron chi connectivity index (χ0n) is 75.2. The molecule has 132 heavy (non-hydrogen) atoms. The number of benzene rings is 5. The molecule has 1 saturated heterocycles. The van der Waals surface area contributed by atoms with Gasteiger partial charge in [0, 0.05) is 158 Å². The van der Waals surface area contributed by atoms with Gasteiger partial charge in [-0.1, -0.05) is 42.8 Å². The summed E-state index contributed by atoms with van der Waals surface area (Å²) in [5.41, 5.74) is -5.34. The monoisotopic (exact) mass is 1840 g/mol. The lowest BCUT2D eigenvalue weighted by Crippen LogP contribution is -2.56. The Bertz CT molecular complexity index is 5770. The number of carbonyl (C=O) groups is 12. The van der Waals surface area contributed by atoms with Crippen LogP contribution < -0.4 is 34.6 Å². The largest absolute Gasteiger partial charge is 0.507 e. The third-order valence-electron chi connectivity index (χ3n) is 23.7. The molecular weight excluding hydrogens is 1730 g/mol. The molecule has 1 fully saturated rings. The minimum atomic E-state index is -2.52. The summed E-state index contributed by atoms with van der Waals surface area (Å²) in [5.74, 6) is -6.28. The summed E-state index contributed by atoms with van der Waals surface area (Å²) in [6.45, 7) is 3.31. The lowest BCUT2D eigenvalue weighted by molar-refractivity contribution is -0.249. The van der Waals surface area contributed by atoms with E-state index in [-0.39, 0.29) is 164 Å². The molecule has 2 aromatic heterocycles. The number of alkyl carbamates (subject to hydrolysis) is 1. The maximum Gasteiger partial charge on any atom is 0.415 e. The van der Waals surface area contributed by atoms with E-state index in [0.717, 1.165) is 30.5 Å². The molecule has 3 aliphatic heterocycles. The molecule has 7 amide bonds. The van der Waals surface area contributed by atoms with Crippen molar-refractivity contribution in [1.82, 2.24) is 44.3 Å². The molecule has 0 bridgehead atoms. The van der Waals surface area contributed by atoms with Crippen molar-refractivity contribution in [2.24, 2.45) is 0 Å². The number of fused-ring (bicyclic) bond motifs is 8. The lowest BCUT2D eigenvalue weighted by atomic mass is 9.72. The van der Waals surface area contributed by atoms with E-state index in [0.29, 0.717) is 28.0 Å². The van der Waals surface area contributed by atoms with Crippen LogP contribution in [-0.4, -0.2) is 293 Å². The number of amides is 7. The number of rotatable bonds is 32. The number of aromatic hydroxyl groups is 2. The summed E-state index contributed by atoms with van der Waals surface area (Å²) in [6, 6.07) is 19.7. The van der Waals surface area contributed by atoms with Crippen molar-refractivity contribution < 1.29 is 150 Å². The number of nitrogens with one attached hydrogen (secondary N) is 1. The molecule has 5 aliphatic rings. The van der Waals surface area contributed by atoms with E-state index in [1.165, 1.54) is 141 Å². The fraction of sp³-hybridized carbons (Fsp3) is 0.451. The molecule has 5 aromatic carbocycles. The molecule has 706 valence electrons. The molecular formula is C91H105N9O32. The van der Waals surface area contributed by atoms with E-state index in [1.54, 1.807) is 19.9 Å². The summed E-state index contributed by atoms with van der Waals surface area (Å²) < 4.78 is 76.3. The number of Topliss-reactive ketones (excluding diaryl/α,β-unsaturated/α-hetero) is 2. The van der Waals surface area contributed by atoms with Gasteiger partial charge in [-0.3, -0.25) is 24.0 Å². The zero-order valence-corrected chi connectivity index (χ0v) is 75.2. The number of aryl methyl sites for hydroxylation is 1. The number of carbonyl (C=O) groups excluding carboxylic acids is 12. The van der Waals surface area contributed by atoms with Crippen LogP contribution in [0.4, 0.5) is 33.6 Å². The number of ketones is 4. The molecule has 0 saturated carbocycles. The quantitative estimate of drug-likeness (QED) is 0.0123. The van der Waals surface area contributed by atoms with Gasteiger partial charge >= 0.3 is 48.6 Å². The average Bonchev–Trinajstić information content (AvgIpc) is 1.68. The highest BCUT2D eigenvalue weighted by molar-refractivity contribution is 6.31. The minimum Gasteiger partial charge on any atom is -0.507 e. The minimum absolute atomic E-state index is 0.00162. The number of hydrogen-bond donors (Lipinski definition) is 7. The average molecular weight is 1840 g/mol. The van der Waals surface area contributed by atoms with Crippen LogP contribution >= 0.6 is 0 Å². The van der Waals surface area contributed by atoms with Crippen molar-refractivity contribution in [2.45, 2.75) is 154 Å². The van der Waals surface area contributed by atoms with Crippen LogP contribution in [0.3, 0.4) is 0 Å². The SMILES string of the molecule is CC[C@@]1(OC(=O)N(C)CCN(C)C(=O)OCc2cc(C)cc(COC(=O)N[C@H]3C[C@H](O[C@H]4C[C@](O)(C(=O)CO)Cc5c(O)c6c(c(O)c54)C(=O)c4c(OC)cccc4C6=O)O[C@@H](C)[C@H]3O)c2OC(=O)N(C)CCN(C)C(=O)OCc2cc(OC)c(OC(=O)N(C)CCN(C)C(=O)OCCC(C)(O)CC(C)=O)c(OC)c2)C(=O)OCc2c1cc1n(c2=O)Cc2cc3ccccc3nc2-1. The number of aliphatic hydroxyl groups excluding tert-OH is 2. The van der Waals surface area contributed by atoms with E-state index in [2.05, 4.69) is 5.32 Å². The number of esters is 1. The van der Waals surface area contributed by atoms with Crippen LogP contribution in [0.1, 0.15) is 148 Å². The first-order valence-corrected chi connectivity index (χ1v) is 42.1. The Morgan fingerprint density at radius 3 is 1.83 bits per heavy atom. The van der Waals surface area contributed by atoms with Crippen molar-refractivity contribution in [3.8, 4) is 51.6 Å². The second-order valence-corrected chi connectivity index (χ2v) is 33.3. The number of phenolic OH excluding ortho intramolecular Hbond substituents is 2. The third kappa shape index (κ3) is 20.5. The summed E-state index contributed by atoms with van der Waals surface area (Å²) in [5, 5.41) is 71.6. The van der Waals surface area contributed by atoms with Gasteiger partial charge in [0.2, 0.25) is 17.1 Å². The van der Waals surface area contributed by atoms with Gasteiger partial charge in [0.25, 0.3) is 5.56 Å². The zero-order chi connectivity index (χ0) is 96.0. The van der Waals surface area contributed by atoms with Crippen LogP contribution in [0.2, 0.25) is 0 Å². The Balaban J connectivity index is 0.718. The van der Waals surface area contributed by atoms with Crippen LogP contribution in [0.25, 0.3) is 22.3 Å². The second kappa shape index (κ2) is 40.3. The van der Waals surface area contributed by atoms with E-state index < -0.39 is 181 Å². The lowest BCUT2D eigenvalue weighted by Gasteiger charge is -2.42. The molecule has 41 nitrogen and oxygen atoms in total. The summed E-state index contributed by atoms with van der Waals surface area (Å²) >= 11 is 0. The van der Waals surface area contributed by atoms with Crippen LogP contribution in [0.15, 0.2) is 83.7 Å². The van der Waals surface area contributed by atoms with Crippen molar-refractivity contribution in [3.05, 3.63) is 162 Å². The summed E-state index contributed by atoms with van der Waals surface area (Å²) in [7, 11) is 12.1. The Hall–Kier alpha value is -13.7. The Labute approximate surface area is 756 Å². The van der Waals surface area contributed by atoms with Gasteiger partial charge in [0.1, 0.15) is 73.5 Å². The first-order valence-electron chi connectivity index (χ1n) is 42.1. The molecule has 12 rings (SSSR count). The van der Waals surface area contributed by atoms with Gasteiger partial charge in [-0.05, 0) is 88.2 Å². The normalized spacial score (nSPS) is 18.9. The highest BCUT2D eigenvalue weighted by atomic mass is 16.7. The number of phenols is 2. The molecule has 7 aromatic rings. The highest BCUT2D eigenvalue weighted by Crippen LogP contribution is 2.53. The number of cyclic esters (lactones) is 1. The molecule has 1 unspecified atom stereocenters. The topological polar surface area (TPSA) is 513 Å². The number of aromatic nitrogens is 2. The molecule has 5 heterocycles.